The number of aryl methyl sites for hydroxylation is 1. The molecule has 1 aliphatic rings. The molecule has 3 heterocycles. The van der Waals surface area contributed by atoms with E-state index in [2.05, 4.69) is 20.4 Å². The van der Waals surface area contributed by atoms with Crippen molar-refractivity contribution in [2.45, 2.75) is 38.5 Å². The molecule has 39 heavy (non-hydrogen) atoms. The zero-order chi connectivity index (χ0) is 27.4. The van der Waals surface area contributed by atoms with E-state index in [9.17, 15) is 4.79 Å². The largest absolute Gasteiger partial charge is 0.493 e. The zero-order valence-corrected chi connectivity index (χ0v) is 22.6. The molecule has 2 unspecified atom stereocenters. The number of esters is 1. The van der Waals surface area contributed by atoms with Crippen LogP contribution < -0.4 is 9.47 Å². The summed E-state index contributed by atoms with van der Waals surface area (Å²) >= 11 is 6.49. The predicted octanol–water partition coefficient (Wildman–Crippen LogP) is 4.76. The maximum atomic E-state index is 11.8. The van der Waals surface area contributed by atoms with E-state index < -0.39 is 12.1 Å². The van der Waals surface area contributed by atoms with Crippen LogP contribution in [0, 0.1) is 0 Å². The molecule has 10 nitrogen and oxygen atoms in total. The van der Waals surface area contributed by atoms with Crippen molar-refractivity contribution in [2.24, 2.45) is 0 Å². The number of aromatic nitrogens is 5. The van der Waals surface area contributed by atoms with Crippen LogP contribution in [-0.4, -0.2) is 52.0 Å². The lowest BCUT2D eigenvalue weighted by atomic mass is 9.91. The molecule has 0 spiro atoms. The lowest BCUT2D eigenvalue weighted by Gasteiger charge is -2.26. The van der Waals surface area contributed by atoms with Crippen LogP contribution in [0.3, 0.4) is 0 Å². The third-order valence-corrected chi connectivity index (χ3v) is 6.73. The second-order valence-electron chi connectivity index (χ2n) is 8.85. The van der Waals surface area contributed by atoms with E-state index in [0.29, 0.717) is 41.9 Å². The molecule has 0 aliphatic carbocycles. The highest BCUT2D eigenvalue weighted by Crippen LogP contribution is 2.48. The maximum Gasteiger partial charge on any atom is 0.313 e. The first-order chi connectivity index (χ1) is 19.0. The van der Waals surface area contributed by atoms with Crippen LogP contribution in [0.15, 0.2) is 54.9 Å². The summed E-state index contributed by atoms with van der Waals surface area (Å²) in [4.78, 5) is 17.7. The Kier molecular flexibility index (Phi) is 8.04. The average molecular weight is 550 g/mol. The maximum absolute atomic E-state index is 11.8. The summed E-state index contributed by atoms with van der Waals surface area (Å²) in [5, 5.41) is 13.0. The van der Waals surface area contributed by atoms with Crippen molar-refractivity contribution < 1.29 is 23.7 Å². The minimum Gasteiger partial charge on any atom is -0.493 e. The molecule has 0 saturated carbocycles. The Labute approximate surface area is 230 Å². The first-order valence-electron chi connectivity index (χ1n) is 12.5. The quantitative estimate of drug-likeness (QED) is 0.273. The number of halogens is 1. The minimum absolute atomic E-state index is 0.0334. The van der Waals surface area contributed by atoms with E-state index in [1.807, 2.05) is 48.7 Å². The molecule has 11 heteroatoms. The van der Waals surface area contributed by atoms with E-state index in [1.165, 1.54) is 4.80 Å². The number of ether oxygens (including phenoxy) is 4. The molecular weight excluding hydrogens is 522 g/mol. The van der Waals surface area contributed by atoms with Crippen molar-refractivity contribution in [3.05, 3.63) is 82.4 Å². The van der Waals surface area contributed by atoms with Crippen LogP contribution in [-0.2, 0) is 27.2 Å². The molecule has 2 atom stereocenters. The number of benzene rings is 2. The van der Waals surface area contributed by atoms with Gasteiger partial charge in [-0.15, -0.1) is 10.2 Å². The lowest BCUT2D eigenvalue weighted by Crippen LogP contribution is -2.15. The Morgan fingerprint density at radius 1 is 1.08 bits per heavy atom. The molecule has 0 fully saturated rings. The summed E-state index contributed by atoms with van der Waals surface area (Å²) in [5.41, 5.74) is 4.63. The summed E-state index contributed by atoms with van der Waals surface area (Å²) in [5.74, 6) is 1.09. The van der Waals surface area contributed by atoms with Gasteiger partial charge in [0, 0.05) is 28.5 Å². The second-order valence-corrected chi connectivity index (χ2v) is 9.29. The van der Waals surface area contributed by atoms with Gasteiger partial charge in [-0.25, -0.2) is 0 Å². The van der Waals surface area contributed by atoms with E-state index in [-0.39, 0.29) is 12.5 Å². The normalized spacial score (nSPS) is 16.1. The van der Waals surface area contributed by atoms with Crippen LogP contribution in [0.4, 0.5) is 0 Å². The number of hydrogen-bond donors (Lipinski definition) is 0. The van der Waals surface area contributed by atoms with Crippen molar-refractivity contribution in [3.63, 3.8) is 0 Å². The number of rotatable bonds is 9. The van der Waals surface area contributed by atoms with Gasteiger partial charge in [-0.1, -0.05) is 29.8 Å². The van der Waals surface area contributed by atoms with Gasteiger partial charge >= 0.3 is 5.97 Å². The molecule has 0 bridgehead atoms. The van der Waals surface area contributed by atoms with Crippen LogP contribution in [0.1, 0.15) is 48.1 Å². The van der Waals surface area contributed by atoms with Crippen molar-refractivity contribution in [2.75, 3.05) is 20.8 Å². The molecule has 2 aromatic heterocycles. The van der Waals surface area contributed by atoms with E-state index >= 15 is 0 Å². The average Bonchev–Trinajstić information content (AvgIpc) is 3.34. The van der Waals surface area contributed by atoms with Gasteiger partial charge in [0.1, 0.15) is 12.5 Å². The van der Waals surface area contributed by atoms with Gasteiger partial charge in [-0.2, -0.15) is 4.80 Å². The SMILES string of the molecule is CCOC(=O)Cc1nnn(CCC2OC(c3cccc(OC)c3OC)c3cc(Cl)ccc3-c3ccncc32)n1. The van der Waals surface area contributed by atoms with Gasteiger partial charge in [0.15, 0.2) is 17.3 Å². The smallest absolute Gasteiger partial charge is 0.313 e. The molecule has 0 saturated heterocycles. The van der Waals surface area contributed by atoms with Crippen molar-refractivity contribution >= 4 is 17.6 Å². The zero-order valence-electron chi connectivity index (χ0n) is 21.8. The third-order valence-electron chi connectivity index (χ3n) is 6.49. The summed E-state index contributed by atoms with van der Waals surface area (Å²) in [7, 11) is 3.21. The summed E-state index contributed by atoms with van der Waals surface area (Å²) in [6.45, 7) is 2.45. The molecule has 0 N–H and O–H groups in total. The highest BCUT2D eigenvalue weighted by Gasteiger charge is 2.33. The Morgan fingerprint density at radius 2 is 1.92 bits per heavy atom. The Bertz CT molecular complexity index is 1480. The van der Waals surface area contributed by atoms with Gasteiger partial charge in [0.05, 0.1) is 33.5 Å². The molecular formula is C28H28ClN5O5. The Balaban J connectivity index is 1.52. The molecule has 0 amide bonds. The molecule has 0 radical (unpaired) electrons. The van der Waals surface area contributed by atoms with Crippen LogP contribution >= 0.6 is 11.6 Å². The standard InChI is InChI=1S/C28H28ClN5O5/c1-4-38-26(35)15-25-31-33-34(32-25)13-11-23-22-16-30-12-10-19(22)18-9-8-17(29)14-21(18)27(39-23)20-6-5-7-24(36-2)28(20)37-3/h5-10,12,14,16,23,27H,4,11,13,15H2,1-3H3. The van der Waals surface area contributed by atoms with Crippen LogP contribution in [0.5, 0.6) is 11.5 Å². The Morgan fingerprint density at radius 3 is 2.72 bits per heavy atom. The summed E-state index contributed by atoms with van der Waals surface area (Å²) in [6.07, 6.45) is 3.16. The number of carbonyl (C=O) groups is 1. The Hall–Kier alpha value is -4.02. The predicted molar refractivity (Wildman–Crippen MR) is 143 cm³/mol. The van der Waals surface area contributed by atoms with Crippen LogP contribution in [0.25, 0.3) is 11.1 Å². The topological polar surface area (TPSA) is 110 Å². The number of methoxy groups -OCH3 is 2. The number of fused-ring (bicyclic) bond motifs is 3. The fourth-order valence-corrected chi connectivity index (χ4v) is 4.99. The fraction of sp³-hybridized carbons (Fsp3) is 0.321. The number of hydrogen-bond acceptors (Lipinski definition) is 9. The highest BCUT2D eigenvalue weighted by atomic mass is 35.5. The highest BCUT2D eigenvalue weighted by molar-refractivity contribution is 6.30. The number of tetrazole rings is 1. The molecule has 2 aromatic carbocycles. The number of pyridine rings is 1. The first kappa shape index (κ1) is 26.6. The van der Waals surface area contributed by atoms with E-state index in [0.717, 1.165) is 27.8 Å². The van der Waals surface area contributed by atoms with Crippen molar-refractivity contribution in [1.29, 1.82) is 0 Å². The molecule has 1 aliphatic heterocycles. The molecule has 5 rings (SSSR count). The van der Waals surface area contributed by atoms with Gasteiger partial charge < -0.3 is 18.9 Å². The number of carbonyl (C=O) groups excluding carboxylic acids is 1. The molecule has 4 aromatic rings. The lowest BCUT2D eigenvalue weighted by molar-refractivity contribution is -0.142. The number of para-hydroxylation sites is 1. The third kappa shape index (κ3) is 5.57. The number of nitrogens with zero attached hydrogens (tertiary/aromatic N) is 5. The van der Waals surface area contributed by atoms with Crippen LogP contribution in [0.2, 0.25) is 5.02 Å². The van der Waals surface area contributed by atoms with E-state index in [4.69, 9.17) is 30.5 Å². The first-order valence-corrected chi connectivity index (χ1v) is 12.9. The van der Waals surface area contributed by atoms with E-state index in [1.54, 1.807) is 27.3 Å². The fourth-order valence-electron chi connectivity index (χ4n) is 4.81. The minimum atomic E-state index is -0.524. The summed E-state index contributed by atoms with van der Waals surface area (Å²) in [6, 6.07) is 13.5. The molecule has 202 valence electrons. The van der Waals surface area contributed by atoms with Crippen molar-refractivity contribution in [3.8, 4) is 22.6 Å². The second kappa shape index (κ2) is 11.8. The summed E-state index contributed by atoms with van der Waals surface area (Å²) < 4.78 is 23.2. The van der Waals surface area contributed by atoms with Gasteiger partial charge in [-0.05, 0) is 59.5 Å². The van der Waals surface area contributed by atoms with Gasteiger partial charge in [0.25, 0.3) is 0 Å². The van der Waals surface area contributed by atoms with Gasteiger partial charge in [0.2, 0.25) is 0 Å². The monoisotopic (exact) mass is 549 g/mol. The van der Waals surface area contributed by atoms with Crippen molar-refractivity contribution in [1.82, 2.24) is 25.2 Å². The van der Waals surface area contributed by atoms with Gasteiger partial charge in [-0.3, -0.25) is 9.78 Å².